The Kier molecular flexibility index (Phi) is 5.04. The zero-order valence-corrected chi connectivity index (χ0v) is 11.9. The van der Waals surface area contributed by atoms with Gasteiger partial charge >= 0.3 is 6.61 Å². The summed E-state index contributed by atoms with van der Waals surface area (Å²) in [7, 11) is 1.43. The highest BCUT2D eigenvalue weighted by Gasteiger charge is 2.20. The van der Waals surface area contributed by atoms with E-state index in [-0.39, 0.29) is 5.75 Å². The molecule has 0 saturated heterocycles. The molecule has 1 fully saturated rings. The number of ether oxygens (including phenoxy) is 2. The fourth-order valence-corrected chi connectivity index (χ4v) is 2.53. The Morgan fingerprint density at radius 1 is 1.30 bits per heavy atom. The van der Waals surface area contributed by atoms with E-state index < -0.39 is 6.61 Å². The molecule has 1 saturated carbocycles. The highest BCUT2D eigenvalue weighted by Crippen LogP contribution is 2.33. The molecule has 1 aliphatic rings. The third-order valence-corrected chi connectivity index (χ3v) is 3.70. The molecular formula is C15H21F2NO2. The second-order valence-corrected chi connectivity index (χ2v) is 5.32. The molecule has 1 N–H and O–H groups in total. The molecule has 1 aromatic rings. The zero-order valence-electron chi connectivity index (χ0n) is 11.9. The van der Waals surface area contributed by atoms with Crippen molar-refractivity contribution in [3.05, 3.63) is 18.2 Å². The number of rotatable bonds is 7. The number of hydrogen-bond donors (Lipinski definition) is 1. The van der Waals surface area contributed by atoms with Crippen LogP contribution in [0.4, 0.5) is 14.5 Å². The SMILES string of the molecule is COc1ccc(NC(C)CC2CCC2)cc1OC(F)F. The van der Waals surface area contributed by atoms with Gasteiger partial charge in [0.25, 0.3) is 0 Å². The lowest BCUT2D eigenvalue weighted by atomic mass is 9.81. The summed E-state index contributed by atoms with van der Waals surface area (Å²) in [6.45, 7) is -0.748. The van der Waals surface area contributed by atoms with Crippen LogP contribution >= 0.6 is 0 Å². The predicted octanol–water partition coefficient (Wildman–Crippen LogP) is 4.29. The maximum Gasteiger partial charge on any atom is 0.387 e. The normalized spacial score (nSPS) is 16.6. The molecule has 1 atom stereocenters. The summed E-state index contributed by atoms with van der Waals surface area (Å²) in [6.07, 6.45) is 5.03. The summed E-state index contributed by atoms with van der Waals surface area (Å²) in [5.41, 5.74) is 0.772. The molecule has 0 heterocycles. The van der Waals surface area contributed by atoms with Crippen molar-refractivity contribution in [2.45, 2.75) is 45.3 Å². The fourth-order valence-electron chi connectivity index (χ4n) is 2.53. The van der Waals surface area contributed by atoms with Gasteiger partial charge in [-0.3, -0.25) is 0 Å². The number of benzene rings is 1. The summed E-state index contributed by atoms with van der Waals surface area (Å²) in [6, 6.07) is 5.32. The number of hydrogen-bond acceptors (Lipinski definition) is 3. The summed E-state index contributed by atoms with van der Waals surface area (Å²) >= 11 is 0. The predicted molar refractivity (Wildman–Crippen MR) is 74.7 cm³/mol. The molecule has 0 aliphatic heterocycles. The zero-order chi connectivity index (χ0) is 14.5. The van der Waals surface area contributed by atoms with Crippen LogP contribution in [0.5, 0.6) is 11.5 Å². The van der Waals surface area contributed by atoms with E-state index in [1.807, 2.05) is 6.07 Å². The Hall–Kier alpha value is -1.52. The molecule has 2 rings (SSSR count). The largest absolute Gasteiger partial charge is 0.493 e. The molecule has 0 aromatic heterocycles. The fraction of sp³-hybridized carbons (Fsp3) is 0.600. The van der Waals surface area contributed by atoms with Crippen molar-refractivity contribution in [3.8, 4) is 11.5 Å². The molecule has 0 amide bonds. The standard InChI is InChI=1S/C15H21F2NO2/c1-10(8-11-4-3-5-11)18-12-6-7-13(19-2)14(9-12)20-15(16)17/h6-7,9-11,15,18H,3-5,8H2,1-2H3. The minimum atomic E-state index is -2.86. The van der Waals surface area contributed by atoms with Crippen molar-refractivity contribution in [2.75, 3.05) is 12.4 Å². The van der Waals surface area contributed by atoms with E-state index >= 15 is 0 Å². The number of alkyl halides is 2. The van der Waals surface area contributed by atoms with Gasteiger partial charge in [-0.15, -0.1) is 0 Å². The molecule has 1 aliphatic carbocycles. The van der Waals surface area contributed by atoms with Crippen LogP contribution in [0.3, 0.4) is 0 Å². The monoisotopic (exact) mass is 285 g/mol. The van der Waals surface area contributed by atoms with Crippen molar-refractivity contribution in [3.63, 3.8) is 0 Å². The first-order valence-electron chi connectivity index (χ1n) is 6.98. The van der Waals surface area contributed by atoms with Gasteiger partial charge in [0, 0.05) is 17.8 Å². The van der Waals surface area contributed by atoms with Crippen LogP contribution in [-0.4, -0.2) is 19.8 Å². The highest BCUT2D eigenvalue weighted by molar-refractivity contribution is 5.55. The lowest BCUT2D eigenvalue weighted by molar-refractivity contribution is -0.0511. The quantitative estimate of drug-likeness (QED) is 0.810. The second kappa shape index (κ2) is 6.77. The first-order valence-corrected chi connectivity index (χ1v) is 6.98. The maximum absolute atomic E-state index is 12.4. The second-order valence-electron chi connectivity index (χ2n) is 5.32. The van der Waals surface area contributed by atoms with E-state index in [4.69, 9.17) is 4.74 Å². The number of anilines is 1. The number of nitrogens with one attached hydrogen (secondary N) is 1. The van der Waals surface area contributed by atoms with Crippen LogP contribution in [0.2, 0.25) is 0 Å². The average Bonchev–Trinajstić information content (AvgIpc) is 2.33. The van der Waals surface area contributed by atoms with Gasteiger partial charge in [0.15, 0.2) is 11.5 Å². The summed E-state index contributed by atoms with van der Waals surface area (Å²) < 4.78 is 34.2. The summed E-state index contributed by atoms with van der Waals surface area (Å²) in [5.74, 6) is 1.17. The lowest BCUT2D eigenvalue weighted by Crippen LogP contribution is -2.23. The van der Waals surface area contributed by atoms with Gasteiger partial charge in [-0.25, -0.2) is 0 Å². The van der Waals surface area contributed by atoms with Gasteiger partial charge in [0.2, 0.25) is 0 Å². The minimum absolute atomic E-state index is 0.0587. The van der Waals surface area contributed by atoms with Gasteiger partial charge in [0.05, 0.1) is 7.11 Å². The van der Waals surface area contributed by atoms with E-state index in [2.05, 4.69) is 17.0 Å². The van der Waals surface area contributed by atoms with Gasteiger partial charge in [0.1, 0.15) is 0 Å². The summed E-state index contributed by atoms with van der Waals surface area (Å²) in [5, 5.41) is 3.33. The van der Waals surface area contributed by atoms with Crippen molar-refractivity contribution in [1.82, 2.24) is 0 Å². The van der Waals surface area contributed by atoms with Gasteiger partial charge in [-0.2, -0.15) is 8.78 Å². The van der Waals surface area contributed by atoms with Crippen LogP contribution in [0, 0.1) is 5.92 Å². The molecule has 0 radical (unpaired) electrons. The molecule has 0 bridgehead atoms. The Bertz CT molecular complexity index is 436. The molecular weight excluding hydrogens is 264 g/mol. The Morgan fingerprint density at radius 3 is 2.60 bits per heavy atom. The Labute approximate surface area is 118 Å². The lowest BCUT2D eigenvalue weighted by Gasteiger charge is -2.29. The maximum atomic E-state index is 12.4. The Balaban J connectivity index is 1.99. The molecule has 0 spiro atoms. The molecule has 20 heavy (non-hydrogen) atoms. The first kappa shape index (κ1) is 14.9. The van der Waals surface area contributed by atoms with Crippen molar-refractivity contribution < 1.29 is 18.3 Å². The molecule has 3 nitrogen and oxygen atoms in total. The van der Waals surface area contributed by atoms with Gasteiger partial charge in [-0.05, 0) is 31.4 Å². The summed E-state index contributed by atoms with van der Waals surface area (Å²) in [4.78, 5) is 0. The molecule has 5 heteroatoms. The minimum Gasteiger partial charge on any atom is -0.493 e. The van der Waals surface area contributed by atoms with Crippen LogP contribution in [0.15, 0.2) is 18.2 Å². The molecule has 112 valence electrons. The van der Waals surface area contributed by atoms with Gasteiger partial charge in [-0.1, -0.05) is 19.3 Å². The molecule has 1 aromatic carbocycles. The van der Waals surface area contributed by atoms with Crippen molar-refractivity contribution in [1.29, 1.82) is 0 Å². The van der Waals surface area contributed by atoms with Crippen molar-refractivity contribution in [2.24, 2.45) is 5.92 Å². The Morgan fingerprint density at radius 2 is 2.05 bits per heavy atom. The van der Waals surface area contributed by atoms with E-state index in [1.165, 1.54) is 26.4 Å². The van der Waals surface area contributed by atoms with E-state index in [0.29, 0.717) is 11.8 Å². The van der Waals surface area contributed by atoms with Crippen LogP contribution < -0.4 is 14.8 Å². The smallest absolute Gasteiger partial charge is 0.387 e. The highest BCUT2D eigenvalue weighted by atomic mass is 19.3. The van der Waals surface area contributed by atoms with Crippen LogP contribution in [-0.2, 0) is 0 Å². The van der Waals surface area contributed by atoms with Crippen LogP contribution in [0.1, 0.15) is 32.6 Å². The van der Waals surface area contributed by atoms with E-state index in [9.17, 15) is 8.78 Å². The van der Waals surface area contributed by atoms with E-state index in [1.54, 1.807) is 12.1 Å². The third-order valence-electron chi connectivity index (χ3n) is 3.70. The average molecular weight is 285 g/mol. The van der Waals surface area contributed by atoms with E-state index in [0.717, 1.165) is 18.0 Å². The number of methoxy groups -OCH3 is 1. The molecule has 1 unspecified atom stereocenters. The topological polar surface area (TPSA) is 30.5 Å². The number of halogens is 2. The van der Waals surface area contributed by atoms with Gasteiger partial charge < -0.3 is 14.8 Å². The third kappa shape index (κ3) is 3.99. The first-order chi connectivity index (χ1) is 9.58. The van der Waals surface area contributed by atoms with Crippen LogP contribution in [0.25, 0.3) is 0 Å². The van der Waals surface area contributed by atoms with Crippen molar-refractivity contribution >= 4 is 5.69 Å².